The molecule has 0 aromatic heterocycles. The van der Waals surface area contributed by atoms with Gasteiger partial charge in [-0.1, -0.05) is 30.6 Å². The summed E-state index contributed by atoms with van der Waals surface area (Å²) in [6.07, 6.45) is 6.03. The van der Waals surface area contributed by atoms with Gasteiger partial charge in [0.1, 0.15) is 11.6 Å². The van der Waals surface area contributed by atoms with Gasteiger partial charge >= 0.3 is 6.18 Å². The van der Waals surface area contributed by atoms with E-state index in [9.17, 15) is 27.2 Å². The summed E-state index contributed by atoms with van der Waals surface area (Å²) < 4.78 is 59.4. The minimum Gasteiger partial charge on any atom is -0.496 e. The second-order valence-electron chi connectivity index (χ2n) is 12.1. The van der Waals surface area contributed by atoms with Gasteiger partial charge in [0.25, 0.3) is 5.91 Å². The molecular weight excluding hydrogens is 574 g/mol. The molecule has 2 amide bonds. The van der Waals surface area contributed by atoms with Gasteiger partial charge in [0.15, 0.2) is 0 Å². The van der Waals surface area contributed by atoms with Gasteiger partial charge in [-0.25, -0.2) is 4.39 Å². The summed E-state index contributed by atoms with van der Waals surface area (Å²) >= 11 is 0. The van der Waals surface area contributed by atoms with E-state index in [-0.39, 0.29) is 23.4 Å². The second kappa shape index (κ2) is 13.4. The molecule has 2 aromatic rings. The molecule has 2 bridgehead atoms. The van der Waals surface area contributed by atoms with E-state index in [0.717, 1.165) is 75.0 Å². The number of carbonyl (C=O) groups is 2. The number of allylic oxidation sites excluding steroid dienone is 1. The molecule has 10 heteroatoms. The van der Waals surface area contributed by atoms with E-state index in [2.05, 4.69) is 22.8 Å². The van der Waals surface area contributed by atoms with Crippen molar-refractivity contribution in [2.24, 2.45) is 23.7 Å². The third kappa shape index (κ3) is 6.77. The van der Waals surface area contributed by atoms with Crippen molar-refractivity contribution in [3.8, 4) is 11.8 Å². The average molecular weight is 612 g/mol. The zero-order chi connectivity index (χ0) is 31.4. The van der Waals surface area contributed by atoms with Crippen LogP contribution in [0.3, 0.4) is 0 Å². The van der Waals surface area contributed by atoms with E-state index in [1.165, 1.54) is 7.11 Å². The number of nitrogens with one attached hydrogen (secondary N) is 2. The molecule has 0 heterocycles. The SMILES string of the molecule is COc1ccc(CCCCCC#N)cc1C(=O)NC1C2CCC(/C2=C/C2CCC2)C1C(=O)Nc1ccc(F)c(C(F)(F)F)c1. The lowest BCUT2D eigenvalue weighted by Crippen LogP contribution is -2.48. The molecule has 4 unspecified atom stereocenters. The highest BCUT2D eigenvalue weighted by molar-refractivity contribution is 5.99. The van der Waals surface area contributed by atoms with Gasteiger partial charge in [-0.2, -0.15) is 18.4 Å². The van der Waals surface area contributed by atoms with E-state index in [4.69, 9.17) is 10.00 Å². The average Bonchev–Trinajstić information content (AvgIpc) is 3.49. The summed E-state index contributed by atoms with van der Waals surface area (Å²) in [4.78, 5) is 27.5. The normalized spacial score (nSPS) is 23.7. The number of benzene rings is 2. The van der Waals surface area contributed by atoms with Gasteiger partial charge in [-0.15, -0.1) is 0 Å². The summed E-state index contributed by atoms with van der Waals surface area (Å²) in [5, 5.41) is 14.5. The van der Waals surface area contributed by atoms with Crippen LogP contribution in [0.5, 0.6) is 5.75 Å². The van der Waals surface area contributed by atoms with E-state index in [1.807, 2.05) is 6.07 Å². The number of methoxy groups -OCH3 is 1. The zero-order valence-electron chi connectivity index (χ0n) is 24.7. The molecule has 0 aliphatic heterocycles. The molecule has 44 heavy (non-hydrogen) atoms. The van der Waals surface area contributed by atoms with Crippen LogP contribution < -0.4 is 15.4 Å². The number of rotatable bonds is 11. The smallest absolute Gasteiger partial charge is 0.419 e. The Morgan fingerprint density at radius 2 is 1.82 bits per heavy atom. The number of nitriles is 1. The van der Waals surface area contributed by atoms with Gasteiger partial charge in [0.2, 0.25) is 5.91 Å². The summed E-state index contributed by atoms with van der Waals surface area (Å²) in [6.45, 7) is 0. The quantitative estimate of drug-likeness (QED) is 0.156. The molecule has 0 saturated heterocycles. The summed E-state index contributed by atoms with van der Waals surface area (Å²) in [5.74, 6) is -2.36. The van der Waals surface area contributed by atoms with Crippen LogP contribution in [0, 0.1) is 40.8 Å². The molecule has 0 spiro atoms. The third-order valence-corrected chi connectivity index (χ3v) is 9.38. The van der Waals surface area contributed by atoms with Crippen LogP contribution in [0.4, 0.5) is 23.2 Å². The lowest BCUT2D eigenvalue weighted by atomic mass is 9.82. The number of hydrogen-bond acceptors (Lipinski definition) is 4. The first-order valence-electron chi connectivity index (χ1n) is 15.3. The number of aryl methyl sites for hydroxylation is 1. The monoisotopic (exact) mass is 611 g/mol. The first-order chi connectivity index (χ1) is 21.1. The molecule has 0 radical (unpaired) electrons. The van der Waals surface area contributed by atoms with Crippen molar-refractivity contribution < 1.29 is 31.9 Å². The topological polar surface area (TPSA) is 91.2 Å². The lowest BCUT2D eigenvalue weighted by Gasteiger charge is -2.30. The van der Waals surface area contributed by atoms with Crippen LogP contribution in [0.1, 0.15) is 79.3 Å². The van der Waals surface area contributed by atoms with Crippen LogP contribution in [0.25, 0.3) is 0 Å². The molecule has 4 atom stereocenters. The van der Waals surface area contributed by atoms with Crippen molar-refractivity contribution in [1.29, 1.82) is 5.26 Å². The number of ether oxygens (including phenoxy) is 1. The molecule has 5 rings (SSSR count). The number of alkyl halides is 3. The number of hydrogen-bond donors (Lipinski definition) is 2. The van der Waals surface area contributed by atoms with Crippen LogP contribution in [-0.2, 0) is 17.4 Å². The van der Waals surface area contributed by atoms with Gasteiger partial charge in [0.05, 0.1) is 30.2 Å². The molecule has 6 nitrogen and oxygen atoms in total. The number of unbranched alkanes of at least 4 members (excludes halogenated alkanes) is 3. The molecule has 3 saturated carbocycles. The number of carbonyl (C=O) groups excluding carboxylic acids is 2. The minimum atomic E-state index is -4.91. The number of anilines is 1. The highest BCUT2D eigenvalue weighted by Gasteiger charge is 2.55. The number of nitrogens with zero attached hydrogens (tertiary/aromatic N) is 1. The van der Waals surface area contributed by atoms with Crippen molar-refractivity contribution in [2.45, 2.75) is 76.4 Å². The Labute approximate surface area is 254 Å². The molecule has 3 aliphatic carbocycles. The van der Waals surface area contributed by atoms with Gasteiger partial charge < -0.3 is 15.4 Å². The number of halogens is 4. The molecule has 234 valence electrons. The molecule has 3 fully saturated rings. The van der Waals surface area contributed by atoms with E-state index >= 15 is 0 Å². The van der Waals surface area contributed by atoms with Crippen molar-refractivity contribution in [1.82, 2.24) is 5.32 Å². The molecular formula is C34H37F4N3O3. The second-order valence-corrected chi connectivity index (χ2v) is 12.1. The highest BCUT2D eigenvalue weighted by atomic mass is 19.4. The summed E-state index contributed by atoms with van der Waals surface area (Å²) in [6, 6.07) is 9.46. The standard InChI is InChI=1S/C34H37F4N3O3/c1-44-29-15-10-21(7-4-2-3-5-16-39)18-26(29)32(42)41-31-24-13-12-23(25(24)17-20-8-6-9-20)30(31)33(43)40-22-11-14-28(35)27(19-22)34(36,37)38/h10-11,14-15,17-20,23-24,30-31H,2-9,12-13H2,1H3,(H,40,43)(H,41,42)/b25-17-. The first kappa shape index (κ1) is 31.6. The lowest BCUT2D eigenvalue weighted by molar-refractivity contribution is -0.140. The summed E-state index contributed by atoms with van der Waals surface area (Å²) in [5.41, 5.74) is 0.855. The maximum Gasteiger partial charge on any atom is 0.419 e. The predicted octanol–water partition coefficient (Wildman–Crippen LogP) is 7.60. The minimum absolute atomic E-state index is 0.0615. The maximum absolute atomic E-state index is 13.9. The van der Waals surface area contributed by atoms with Crippen LogP contribution in [0.15, 0.2) is 48.0 Å². The molecule has 2 N–H and O–H groups in total. The third-order valence-electron chi connectivity index (χ3n) is 9.38. The Balaban J connectivity index is 1.39. The number of amides is 2. The van der Waals surface area contributed by atoms with Crippen molar-refractivity contribution in [3.05, 3.63) is 70.6 Å². The van der Waals surface area contributed by atoms with Crippen LogP contribution >= 0.6 is 0 Å². The molecule has 2 aromatic carbocycles. The Morgan fingerprint density at radius 1 is 1.05 bits per heavy atom. The van der Waals surface area contributed by atoms with E-state index in [0.29, 0.717) is 35.8 Å². The van der Waals surface area contributed by atoms with Gasteiger partial charge in [-0.05, 0) is 92.7 Å². The summed E-state index contributed by atoms with van der Waals surface area (Å²) in [7, 11) is 1.48. The Bertz CT molecular complexity index is 1460. The number of fused-ring (bicyclic) bond motifs is 2. The molecule has 3 aliphatic rings. The fraction of sp³-hybridized carbons (Fsp3) is 0.500. The van der Waals surface area contributed by atoms with E-state index < -0.39 is 35.4 Å². The van der Waals surface area contributed by atoms with Crippen molar-refractivity contribution in [2.75, 3.05) is 12.4 Å². The predicted molar refractivity (Wildman–Crippen MR) is 157 cm³/mol. The Kier molecular flexibility index (Phi) is 9.62. The first-order valence-corrected chi connectivity index (χ1v) is 15.3. The van der Waals surface area contributed by atoms with Gasteiger partial charge in [0, 0.05) is 24.1 Å². The highest BCUT2D eigenvalue weighted by Crippen LogP contribution is 2.54. The Hall–Kier alpha value is -3.87. The van der Waals surface area contributed by atoms with Crippen molar-refractivity contribution >= 4 is 17.5 Å². The van der Waals surface area contributed by atoms with Crippen molar-refractivity contribution in [3.63, 3.8) is 0 Å². The fourth-order valence-corrected chi connectivity index (χ4v) is 6.98. The largest absolute Gasteiger partial charge is 0.496 e. The Morgan fingerprint density at radius 3 is 2.50 bits per heavy atom. The zero-order valence-corrected chi connectivity index (χ0v) is 24.7. The maximum atomic E-state index is 13.9. The van der Waals surface area contributed by atoms with Gasteiger partial charge in [-0.3, -0.25) is 9.59 Å². The van der Waals surface area contributed by atoms with Crippen LogP contribution in [-0.4, -0.2) is 25.0 Å². The fourth-order valence-electron chi connectivity index (χ4n) is 6.98. The van der Waals surface area contributed by atoms with Crippen LogP contribution in [0.2, 0.25) is 0 Å². The van der Waals surface area contributed by atoms with E-state index in [1.54, 1.807) is 12.1 Å².